The number of hydrogen-bond donors (Lipinski definition) is 2. The number of nitrogens with one attached hydrogen (secondary N) is 1. The van der Waals surface area contributed by atoms with Gasteiger partial charge in [0.25, 0.3) is 0 Å². The lowest BCUT2D eigenvalue weighted by Crippen LogP contribution is -2.56. The van der Waals surface area contributed by atoms with Crippen LogP contribution in [-0.2, 0) is 9.53 Å². The molecule has 17 heavy (non-hydrogen) atoms. The van der Waals surface area contributed by atoms with Crippen molar-refractivity contribution in [2.45, 2.75) is 58.0 Å². The van der Waals surface area contributed by atoms with Crippen molar-refractivity contribution in [1.82, 2.24) is 5.32 Å². The maximum absolute atomic E-state index is 12.0. The van der Waals surface area contributed by atoms with E-state index >= 15 is 0 Å². The Morgan fingerprint density at radius 3 is 2.65 bits per heavy atom. The highest BCUT2D eigenvalue weighted by Crippen LogP contribution is 2.16. The lowest BCUT2D eigenvalue weighted by Gasteiger charge is -2.24. The molecular weight excluding hydrogens is 216 g/mol. The number of ether oxygens (including phenoxy) is 1. The third-order valence-corrected chi connectivity index (χ3v) is 3.30. The van der Waals surface area contributed by atoms with E-state index in [0.29, 0.717) is 19.6 Å². The molecule has 4 nitrogen and oxygen atoms in total. The van der Waals surface area contributed by atoms with Crippen molar-refractivity contribution in [3.05, 3.63) is 0 Å². The monoisotopic (exact) mass is 242 g/mol. The minimum absolute atomic E-state index is 0.0629. The van der Waals surface area contributed by atoms with Crippen LogP contribution in [0, 0.1) is 5.92 Å². The topological polar surface area (TPSA) is 64.4 Å². The lowest BCUT2D eigenvalue weighted by atomic mass is 9.98. The van der Waals surface area contributed by atoms with Crippen molar-refractivity contribution in [3.8, 4) is 0 Å². The van der Waals surface area contributed by atoms with Crippen LogP contribution in [0.4, 0.5) is 0 Å². The second kappa shape index (κ2) is 6.36. The normalized spacial score (nSPS) is 26.2. The molecular formula is C13H26N2O2. The molecule has 100 valence electrons. The Kier molecular flexibility index (Phi) is 5.40. The highest BCUT2D eigenvalue weighted by Gasteiger charge is 2.38. The molecule has 1 aliphatic heterocycles. The van der Waals surface area contributed by atoms with Gasteiger partial charge in [0.2, 0.25) is 5.91 Å². The predicted molar refractivity (Wildman–Crippen MR) is 68.6 cm³/mol. The first-order chi connectivity index (χ1) is 7.94. The van der Waals surface area contributed by atoms with Crippen molar-refractivity contribution in [1.29, 1.82) is 0 Å². The number of nitrogens with two attached hydrogens (primary N) is 1. The molecule has 1 heterocycles. The van der Waals surface area contributed by atoms with Crippen LogP contribution < -0.4 is 11.1 Å². The third kappa shape index (κ3) is 4.64. The molecule has 1 saturated heterocycles. The molecule has 2 unspecified atom stereocenters. The van der Waals surface area contributed by atoms with E-state index in [4.69, 9.17) is 10.5 Å². The smallest absolute Gasteiger partial charge is 0.242 e. The summed E-state index contributed by atoms with van der Waals surface area (Å²) in [5.74, 6) is 0.661. The molecule has 3 N–H and O–H groups in total. The molecule has 0 aliphatic carbocycles. The van der Waals surface area contributed by atoms with Gasteiger partial charge in [-0.15, -0.1) is 0 Å². The molecule has 0 bridgehead atoms. The van der Waals surface area contributed by atoms with Crippen molar-refractivity contribution < 1.29 is 9.53 Å². The van der Waals surface area contributed by atoms with Gasteiger partial charge in [0.05, 0.1) is 6.61 Å². The zero-order valence-corrected chi connectivity index (χ0v) is 11.3. The number of rotatable bonds is 6. The second-order valence-corrected chi connectivity index (χ2v) is 5.66. The SMILES string of the molecule is CC(C)CCCC(C)NC(=O)C1(N)CCOC1. The fourth-order valence-electron chi connectivity index (χ4n) is 2.03. The Balaban J connectivity index is 2.25. The Morgan fingerprint density at radius 2 is 2.12 bits per heavy atom. The predicted octanol–water partition coefficient (Wildman–Crippen LogP) is 1.44. The van der Waals surface area contributed by atoms with Crippen LogP contribution in [-0.4, -0.2) is 30.7 Å². The average Bonchev–Trinajstić information content (AvgIpc) is 2.66. The summed E-state index contributed by atoms with van der Waals surface area (Å²) in [5, 5.41) is 2.99. The third-order valence-electron chi connectivity index (χ3n) is 3.30. The minimum Gasteiger partial charge on any atom is -0.379 e. The molecule has 2 atom stereocenters. The van der Waals surface area contributed by atoms with E-state index in [2.05, 4.69) is 19.2 Å². The summed E-state index contributed by atoms with van der Waals surface area (Å²) in [6.07, 6.45) is 3.99. The zero-order chi connectivity index (χ0) is 12.9. The summed E-state index contributed by atoms with van der Waals surface area (Å²) < 4.78 is 5.19. The van der Waals surface area contributed by atoms with Crippen LogP contribution >= 0.6 is 0 Å². The molecule has 0 saturated carbocycles. The minimum atomic E-state index is -0.799. The largest absolute Gasteiger partial charge is 0.379 e. The van der Waals surface area contributed by atoms with Crippen LogP contribution in [0.3, 0.4) is 0 Å². The van der Waals surface area contributed by atoms with E-state index in [1.54, 1.807) is 0 Å². The van der Waals surface area contributed by atoms with E-state index in [-0.39, 0.29) is 11.9 Å². The Bertz CT molecular complexity index is 248. The van der Waals surface area contributed by atoms with Crippen molar-refractivity contribution in [3.63, 3.8) is 0 Å². The zero-order valence-electron chi connectivity index (χ0n) is 11.3. The Hall–Kier alpha value is -0.610. The fourth-order valence-corrected chi connectivity index (χ4v) is 2.03. The maximum Gasteiger partial charge on any atom is 0.242 e. The second-order valence-electron chi connectivity index (χ2n) is 5.66. The number of carbonyl (C=O) groups is 1. The fraction of sp³-hybridized carbons (Fsp3) is 0.923. The molecule has 0 radical (unpaired) electrons. The first-order valence-corrected chi connectivity index (χ1v) is 6.61. The van der Waals surface area contributed by atoms with Gasteiger partial charge in [0.1, 0.15) is 5.54 Å². The van der Waals surface area contributed by atoms with Gasteiger partial charge < -0.3 is 15.8 Å². The van der Waals surface area contributed by atoms with Gasteiger partial charge in [0.15, 0.2) is 0 Å². The highest BCUT2D eigenvalue weighted by atomic mass is 16.5. The molecule has 0 spiro atoms. The average molecular weight is 242 g/mol. The standard InChI is InChI=1S/C13H26N2O2/c1-10(2)5-4-6-11(3)15-12(16)13(14)7-8-17-9-13/h10-11H,4-9,14H2,1-3H3,(H,15,16). The Labute approximate surface area is 104 Å². The molecule has 0 aromatic carbocycles. The Morgan fingerprint density at radius 1 is 1.41 bits per heavy atom. The number of amides is 1. The summed E-state index contributed by atoms with van der Waals surface area (Å²) in [6.45, 7) is 7.41. The summed E-state index contributed by atoms with van der Waals surface area (Å²) >= 11 is 0. The number of hydrogen-bond acceptors (Lipinski definition) is 3. The molecule has 1 fully saturated rings. The van der Waals surface area contributed by atoms with Crippen molar-refractivity contribution in [2.24, 2.45) is 11.7 Å². The molecule has 0 aromatic rings. The van der Waals surface area contributed by atoms with E-state index in [0.717, 1.165) is 18.8 Å². The van der Waals surface area contributed by atoms with Gasteiger partial charge in [-0.3, -0.25) is 4.79 Å². The lowest BCUT2D eigenvalue weighted by molar-refractivity contribution is -0.127. The summed E-state index contributed by atoms with van der Waals surface area (Å²) in [4.78, 5) is 12.0. The first kappa shape index (κ1) is 14.5. The van der Waals surface area contributed by atoms with Gasteiger partial charge in [0, 0.05) is 12.6 Å². The van der Waals surface area contributed by atoms with Gasteiger partial charge in [-0.05, 0) is 25.7 Å². The van der Waals surface area contributed by atoms with Crippen LogP contribution in [0.2, 0.25) is 0 Å². The van der Waals surface area contributed by atoms with E-state index in [1.165, 1.54) is 6.42 Å². The number of carbonyl (C=O) groups excluding carboxylic acids is 1. The molecule has 1 aliphatic rings. The molecule has 1 amide bonds. The summed E-state index contributed by atoms with van der Waals surface area (Å²) in [6, 6.07) is 0.197. The quantitative estimate of drug-likeness (QED) is 0.740. The van der Waals surface area contributed by atoms with E-state index in [1.807, 2.05) is 6.92 Å². The molecule has 1 rings (SSSR count). The van der Waals surface area contributed by atoms with Gasteiger partial charge in [-0.1, -0.05) is 26.7 Å². The molecule has 0 aromatic heterocycles. The van der Waals surface area contributed by atoms with Crippen molar-refractivity contribution in [2.75, 3.05) is 13.2 Å². The van der Waals surface area contributed by atoms with E-state index in [9.17, 15) is 4.79 Å². The van der Waals surface area contributed by atoms with Crippen LogP contribution in [0.15, 0.2) is 0 Å². The summed E-state index contributed by atoms with van der Waals surface area (Å²) in [5.41, 5.74) is 5.19. The van der Waals surface area contributed by atoms with Gasteiger partial charge in [-0.2, -0.15) is 0 Å². The molecule has 4 heteroatoms. The maximum atomic E-state index is 12.0. The first-order valence-electron chi connectivity index (χ1n) is 6.61. The van der Waals surface area contributed by atoms with Gasteiger partial charge in [-0.25, -0.2) is 0 Å². The van der Waals surface area contributed by atoms with Crippen LogP contribution in [0.25, 0.3) is 0 Å². The van der Waals surface area contributed by atoms with Crippen LogP contribution in [0.5, 0.6) is 0 Å². The van der Waals surface area contributed by atoms with Crippen LogP contribution in [0.1, 0.15) is 46.5 Å². The van der Waals surface area contributed by atoms with Crippen molar-refractivity contribution >= 4 is 5.91 Å². The van der Waals surface area contributed by atoms with Gasteiger partial charge >= 0.3 is 0 Å². The summed E-state index contributed by atoms with van der Waals surface area (Å²) in [7, 11) is 0. The van der Waals surface area contributed by atoms with E-state index < -0.39 is 5.54 Å². The highest BCUT2D eigenvalue weighted by molar-refractivity contribution is 5.86.